The lowest BCUT2D eigenvalue weighted by molar-refractivity contribution is -0.127. The van der Waals surface area contributed by atoms with Crippen molar-refractivity contribution in [3.63, 3.8) is 0 Å². The number of hydrogen-bond donors (Lipinski definition) is 2. The molecule has 1 aliphatic heterocycles. The molecule has 2 aliphatic rings. The summed E-state index contributed by atoms with van der Waals surface area (Å²) >= 11 is 0. The van der Waals surface area contributed by atoms with E-state index in [0.717, 1.165) is 38.6 Å². The highest BCUT2D eigenvalue weighted by atomic mass is 35.5. The van der Waals surface area contributed by atoms with E-state index in [1.165, 1.54) is 58.2 Å². The molecule has 1 saturated carbocycles. The minimum atomic E-state index is -0.577. The lowest BCUT2D eigenvalue weighted by Gasteiger charge is -2.31. The Morgan fingerprint density at radius 2 is 1.52 bits per heavy atom. The lowest BCUT2D eigenvalue weighted by Crippen LogP contribution is -2.55. The number of hydrogen-bond acceptors (Lipinski definition) is 3. The van der Waals surface area contributed by atoms with Crippen LogP contribution in [0.3, 0.4) is 0 Å². The number of rotatable bonds is 7. The Bertz CT molecular complexity index is 317. The standard InChI is InChI=1S/C17H33N3O.2ClH/c18-17(10-4-1-5-11-17)16(21)19-12-6-2-7-13-20-14-8-3-9-15-20;;/h1-15,18H2,(H,19,21);2*1H. The molecule has 4 nitrogen and oxygen atoms in total. The first kappa shape index (κ1) is 23.0. The van der Waals surface area contributed by atoms with Crippen molar-refractivity contribution in [3.8, 4) is 0 Å². The summed E-state index contributed by atoms with van der Waals surface area (Å²) in [7, 11) is 0. The van der Waals surface area contributed by atoms with Crippen LogP contribution in [0.4, 0.5) is 0 Å². The summed E-state index contributed by atoms with van der Waals surface area (Å²) < 4.78 is 0. The smallest absolute Gasteiger partial charge is 0.240 e. The zero-order valence-electron chi connectivity index (χ0n) is 14.4. The quantitative estimate of drug-likeness (QED) is 0.678. The Kier molecular flexibility index (Phi) is 12.3. The van der Waals surface area contributed by atoms with Crippen LogP contribution in [0.5, 0.6) is 0 Å². The van der Waals surface area contributed by atoms with E-state index in [1.807, 2.05) is 0 Å². The van der Waals surface area contributed by atoms with Crippen molar-refractivity contribution in [2.24, 2.45) is 5.73 Å². The molecular weight excluding hydrogens is 333 g/mol. The number of likely N-dealkylation sites (tertiary alicyclic amines) is 1. The second-order valence-electron chi connectivity index (χ2n) is 6.94. The van der Waals surface area contributed by atoms with Crippen molar-refractivity contribution in [1.82, 2.24) is 10.2 Å². The van der Waals surface area contributed by atoms with Gasteiger partial charge in [-0.2, -0.15) is 0 Å². The highest BCUT2D eigenvalue weighted by molar-refractivity contribution is 5.86. The van der Waals surface area contributed by atoms with Crippen molar-refractivity contribution in [2.45, 2.75) is 76.2 Å². The first-order valence-electron chi connectivity index (χ1n) is 9.00. The van der Waals surface area contributed by atoms with Gasteiger partial charge in [0.25, 0.3) is 0 Å². The van der Waals surface area contributed by atoms with Gasteiger partial charge in [0.1, 0.15) is 0 Å². The van der Waals surface area contributed by atoms with E-state index in [4.69, 9.17) is 5.73 Å². The van der Waals surface area contributed by atoms with Crippen molar-refractivity contribution < 1.29 is 4.79 Å². The van der Waals surface area contributed by atoms with Crippen LogP contribution < -0.4 is 11.1 Å². The van der Waals surface area contributed by atoms with Gasteiger partial charge in [-0.05, 0) is 58.2 Å². The predicted molar refractivity (Wildman–Crippen MR) is 102 cm³/mol. The minimum absolute atomic E-state index is 0. The number of amides is 1. The van der Waals surface area contributed by atoms with Crippen LogP contribution in [0.15, 0.2) is 0 Å². The number of unbranched alkanes of at least 4 members (excludes halogenated alkanes) is 2. The van der Waals surface area contributed by atoms with Crippen molar-refractivity contribution in [1.29, 1.82) is 0 Å². The van der Waals surface area contributed by atoms with Gasteiger partial charge in [0, 0.05) is 6.54 Å². The number of nitrogens with two attached hydrogens (primary N) is 1. The van der Waals surface area contributed by atoms with E-state index in [0.29, 0.717) is 0 Å². The molecule has 2 fully saturated rings. The van der Waals surface area contributed by atoms with Crippen LogP contribution in [0, 0.1) is 0 Å². The Morgan fingerprint density at radius 3 is 2.17 bits per heavy atom. The molecule has 3 N–H and O–H groups in total. The summed E-state index contributed by atoms with van der Waals surface area (Å²) in [5, 5.41) is 3.05. The molecular formula is C17H35Cl2N3O. The van der Waals surface area contributed by atoms with Gasteiger partial charge >= 0.3 is 0 Å². The number of nitrogens with zero attached hydrogens (tertiary/aromatic N) is 1. The van der Waals surface area contributed by atoms with Crippen LogP contribution in [-0.2, 0) is 4.79 Å². The van der Waals surface area contributed by atoms with Gasteiger partial charge in [-0.15, -0.1) is 24.8 Å². The van der Waals surface area contributed by atoms with Crippen molar-refractivity contribution >= 4 is 30.7 Å². The van der Waals surface area contributed by atoms with Gasteiger partial charge in [-0.1, -0.05) is 32.1 Å². The molecule has 0 spiro atoms. The molecule has 0 bridgehead atoms. The average molecular weight is 368 g/mol. The maximum absolute atomic E-state index is 12.2. The van der Waals surface area contributed by atoms with Crippen LogP contribution >= 0.6 is 24.8 Å². The monoisotopic (exact) mass is 367 g/mol. The highest BCUT2D eigenvalue weighted by Crippen LogP contribution is 2.25. The van der Waals surface area contributed by atoms with Crippen molar-refractivity contribution in [2.75, 3.05) is 26.2 Å². The Labute approximate surface area is 154 Å². The lowest BCUT2D eigenvalue weighted by atomic mass is 9.82. The Balaban J connectivity index is 0.00000242. The van der Waals surface area contributed by atoms with Gasteiger partial charge in [0.2, 0.25) is 5.91 Å². The van der Waals surface area contributed by atoms with Gasteiger partial charge in [-0.25, -0.2) is 0 Å². The number of nitrogens with one attached hydrogen (secondary N) is 1. The van der Waals surface area contributed by atoms with E-state index in [-0.39, 0.29) is 30.7 Å². The topological polar surface area (TPSA) is 58.4 Å². The third-order valence-corrected chi connectivity index (χ3v) is 5.08. The van der Waals surface area contributed by atoms with E-state index in [9.17, 15) is 4.79 Å². The van der Waals surface area contributed by atoms with Gasteiger partial charge < -0.3 is 16.0 Å². The second kappa shape index (κ2) is 12.3. The van der Waals surface area contributed by atoms with E-state index in [1.54, 1.807) is 0 Å². The molecule has 1 heterocycles. The van der Waals surface area contributed by atoms with Crippen LogP contribution in [0.25, 0.3) is 0 Å². The molecule has 6 heteroatoms. The zero-order valence-corrected chi connectivity index (χ0v) is 16.0. The fourth-order valence-corrected chi connectivity index (χ4v) is 3.61. The molecule has 1 aliphatic carbocycles. The molecule has 23 heavy (non-hydrogen) atoms. The molecule has 0 aromatic carbocycles. The number of carbonyl (C=O) groups is 1. The van der Waals surface area contributed by atoms with Crippen LogP contribution in [-0.4, -0.2) is 42.5 Å². The van der Waals surface area contributed by atoms with Crippen LogP contribution in [0.2, 0.25) is 0 Å². The summed E-state index contributed by atoms with van der Waals surface area (Å²) in [4.78, 5) is 14.7. The molecule has 0 aromatic heterocycles. The number of carbonyl (C=O) groups excluding carboxylic acids is 1. The molecule has 1 amide bonds. The van der Waals surface area contributed by atoms with E-state index in [2.05, 4.69) is 10.2 Å². The van der Waals surface area contributed by atoms with Crippen LogP contribution in [0.1, 0.15) is 70.6 Å². The Morgan fingerprint density at radius 1 is 0.913 bits per heavy atom. The number of piperidine rings is 1. The summed E-state index contributed by atoms with van der Waals surface area (Å²) in [6.45, 7) is 4.59. The van der Waals surface area contributed by atoms with E-state index >= 15 is 0 Å². The highest BCUT2D eigenvalue weighted by Gasteiger charge is 2.34. The number of halogens is 2. The summed E-state index contributed by atoms with van der Waals surface area (Å²) in [6, 6.07) is 0. The zero-order chi connectivity index (χ0) is 15.0. The predicted octanol–water partition coefficient (Wildman–Crippen LogP) is 3.26. The van der Waals surface area contributed by atoms with Gasteiger partial charge in [-0.3, -0.25) is 4.79 Å². The summed E-state index contributed by atoms with van der Waals surface area (Å²) in [5.41, 5.74) is 5.64. The maximum Gasteiger partial charge on any atom is 0.240 e. The molecule has 0 aromatic rings. The summed E-state index contributed by atoms with van der Waals surface area (Å²) in [5.74, 6) is 0.0817. The van der Waals surface area contributed by atoms with Gasteiger partial charge in [0.15, 0.2) is 0 Å². The first-order chi connectivity index (χ1) is 10.2. The molecule has 2 rings (SSSR count). The maximum atomic E-state index is 12.2. The molecule has 0 unspecified atom stereocenters. The minimum Gasteiger partial charge on any atom is -0.355 e. The molecule has 138 valence electrons. The van der Waals surface area contributed by atoms with E-state index < -0.39 is 5.54 Å². The average Bonchev–Trinajstić information content (AvgIpc) is 2.52. The fraction of sp³-hybridized carbons (Fsp3) is 0.941. The first-order valence-corrected chi connectivity index (χ1v) is 9.00. The normalized spacial score (nSPS) is 20.9. The third-order valence-electron chi connectivity index (χ3n) is 5.08. The van der Waals surface area contributed by atoms with Gasteiger partial charge in [0.05, 0.1) is 5.54 Å². The summed E-state index contributed by atoms with van der Waals surface area (Å²) in [6.07, 6.45) is 12.8. The van der Waals surface area contributed by atoms with Crippen molar-refractivity contribution in [3.05, 3.63) is 0 Å². The SMILES string of the molecule is Cl.Cl.NC1(C(=O)NCCCCCN2CCCCC2)CCCCC1. The molecule has 0 atom stereocenters. The third kappa shape index (κ3) is 8.06. The Hall–Kier alpha value is -0.0300. The second-order valence-corrected chi connectivity index (χ2v) is 6.94. The fourth-order valence-electron chi connectivity index (χ4n) is 3.61. The largest absolute Gasteiger partial charge is 0.355 e. The molecule has 0 radical (unpaired) electrons. The molecule has 1 saturated heterocycles.